The summed E-state index contributed by atoms with van der Waals surface area (Å²) in [5.41, 5.74) is 1.34. The highest BCUT2D eigenvalue weighted by Crippen LogP contribution is 2.22. The minimum absolute atomic E-state index is 0.161. The van der Waals surface area contributed by atoms with Crippen molar-refractivity contribution in [2.45, 2.75) is 6.42 Å². The first-order chi connectivity index (χ1) is 6.83. The third-order valence-electron chi connectivity index (χ3n) is 2.29. The first-order valence-corrected chi connectivity index (χ1v) is 4.62. The van der Waals surface area contributed by atoms with Gasteiger partial charge in [-0.2, -0.15) is 0 Å². The Labute approximate surface area is 81.7 Å². The zero-order chi connectivity index (χ0) is 9.97. The second-order valence-electron chi connectivity index (χ2n) is 3.22. The fraction of sp³-hybridized carbons (Fsp3) is 0.273. The molecule has 1 N–H and O–H groups in total. The van der Waals surface area contributed by atoms with Gasteiger partial charge in [0.2, 0.25) is 0 Å². The summed E-state index contributed by atoms with van der Waals surface area (Å²) in [5.74, 6) is -0.161. The molecule has 0 fully saturated rings. The topological polar surface area (TPSA) is 25.2 Å². The van der Waals surface area contributed by atoms with Crippen molar-refractivity contribution in [1.29, 1.82) is 0 Å². The quantitative estimate of drug-likeness (QED) is 0.809. The Morgan fingerprint density at radius 1 is 1.36 bits per heavy atom. The Morgan fingerprint density at radius 3 is 3.00 bits per heavy atom. The second kappa shape index (κ2) is 3.80. The van der Waals surface area contributed by atoms with E-state index in [0.717, 1.165) is 12.1 Å². The van der Waals surface area contributed by atoms with E-state index in [1.165, 1.54) is 6.26 Å². The highest BCUT2D eigenvalue weighted by molar-refractivity contribution is 5.78. The van der Waals surface area contributed by atoms with Gasteiger partial charge in [0, 0.05) is 0 Å². The molecule has 0 spiro atoms. The van der Waals surface area contributed by atoms with Crippen LogP contribution < -0.4 is 5.32 Å². The molecule has 0 aliphatic carbocycles. The molecule has 0 atom stereocenters. The molecule has 0 saturated heterocycles. The normalized spacial score (nSPS) is 11.0. The van der Waals surface area contributed by atoms with Crippen LogP contribution in [0.25, 0.3) is 11.0 Å². The zero-order valence-corrected chi connectivity index (χ0v) is 8.01. The zero-order valence-electron chi connectivity index (χ0n) is 8.01. The van der Waals surface area contributed by atoms with Gasteiger partial charge in [-0.05, 0) is 37.7 Å². The molecular formula is C11H12FNO. The van der Waals surface area contributed by atoms with Crippen LogP contribution in [0.4, 0.5) is 4.39 Å². The molecule has 0 saturated carbocycles. The fourth-order valence-corrected chi connectivity index (χ4v) is 1.51. The molecule has 74 valence electrons. The van der Waals surface area contributed by atoms with Gasteiger partial charge in [0.15, 0.2) is 0 Å². The number of fused-ring (bicyclic) bond motifs is 1. The van der Waals surface area contributed by atoms with Gasteiger partial charge in [0.05, 0.1) is 11.6 Å². The maximum absolute atomic E-state index is 13.7. The predicted octanol–water partition coefficient (Wildman–Crippen LogP) is 2.33. The molecule has 0 radical (unpaired) electrons. The molecule has 2 aromatic rings. The van der Waals surface area contributed by atoms with Crippen LogP contribution in [0.2, 0.25) is 0 Å². The number of hydrogen-bond acceptors (Lipinski definition) is 2. The van der Waals surface area contributed by atoms with Crippen molar-refractivity contribution in [3.63, 3.8) is 0 Å². The Bertz CT molecular complexity index is 436. The van der Waals surface area contributed by atoms with Crippen LogP contribution in [-0.2, 0) is 6.42 Å². The van der Waals surface area contributed by atoms with Gasteiger partial charge in [-0.1, -0.05) is 6.07 Å². The molecule has 0 bridgehead atoms. The lowest BCUT2D eigenvalue weighted by Gasteiger charge is -2.02. The Kier molecular flexibility index (Phi) is 2.50. The van der Waals surface area contributed by atoms with Crippen LogP contribution in [0.3, 0.4) is 0 Å². The molecule has 2 rings (SSSR count). The van der Waals surface area contributed by atoms with Crippen LogP contribution in [0.15, 0.2) is 28.9 Å². The number of likely N-dealkylation sites (N-methyl/N-ethyl adjacent to an activating group) is 1. The first-order valence-electron chi connectivity index (χ1n) is 4.62. The van der Waals surface area contributed by atoms with E-state index in [1.54, 1.807) is 12.1 Å². The van der Waals surface area contributed by atoms with Gasteiger partial charge in [-0.25, -0.2) is 4.39 Å². The molecule has 3 heteroatoms. The van der Waals surface area contributed by atoms with E-state index in [0.29, 0.717) is 17.4 Å². The predicted molar refractivity (Wildman–Crippen MR) is 53.8 cm³/mol. The third kappa shape index (κ3) is 1.51. The van der Waals surface area contributed by atoms with Gasteiger partial charge < -0.3 is 9.73 Å². The van der Waals surface area contributed by atoms with E-state index in [4.69, 9.17) is 4.42 Å². The number of benzene rings is 1. The highest BCUT2D eigenvalue weighted by atomic mass is 19.1. The molecule has 1 aromatic carbocycles. The van der Waals surface area contributed by atoms with Crippen molar-refractivity contribution in [3.8, 4) is 0 Å². The Balaban J connectivity index is 2.40. The smallest absolute Gasteiger partial charge is 0.137 e. The van der Waals surface area contributed by atoms with Crippen molar-refractivity contribution >= 4 is 11.0 Å². The van der Waals surface area contributed by atoms with Gasteiger partial charge in [0.25, 0.3) is 0 Å². The van der Waals surface area contributed by atoms with E-state index in [-0.39, 0.29) is 5.82 Å². The standard InChI is InChI=1S/C11H12FNO/c1-13-6-4-8-2-3-10-9(11(8)12)5-7-14-10/h2-3,5,7,13H,4,6H2,1H3. The number of rotatable bonds is 3. The average Bonchev–Trinajstić information content (AvgIpc) is 2.66. The van der Waals surface area contributed by atoms with Crippen LogP contribution in [-0.4, -0.2) is 13.6 Å². The molecule has 0 aliphatic rings. The van der Waals surface area contributed by atoms with Crippen LogP contribution in [0.5, 0.6) is 0 Å². The van der Waals surface area contributed by atoms with Gasteiger partial charge >= 0.3 is 0 Å². The summed E-state index contributed by atoms with van der Waals surface area (Å²) in [6, 6.07) is 5.25. The lowest BCUT2D eigenvalue weighted by Crippen LogP contribution is -2.11. The lowest BCUT2D eigenvalue weighted by molar-refractivity contribution is 0.603. The summed E-state index contributed by atoms with van der Waals surface area (Å²) in [7, 11) is 1.86. The molecule has 0 aliphatic heterocycles. The van der Waals surface area contributed by atoms with Crippen molar-refractivity contribution < 1.29 is 8.81 Å². The molecule has 0 unspecified atom stereocenters. The molecule has 1 heterocycles. The summed E-state index contributed by atoms with van der Waals surface area (Å²) in [6.45, 7) is 0.778. The Hall–Kier alpha value is -1.35. The third-order valence-corrected chi connectivity index (χ3v) is 2.29. The van der Waals surface area contributed by atoms with Crippen LogP contribution in [0, 0.1) is 5.82 Å². The summed E-state index contributed by atoms with van der Waals surface area (Å²) < 4.78 is 18.8. The number of halogens is 1. The SMILES string of the molecule is CNCCc1ccc2occc2c1F. The summed E-state index contributed by atoms with van der Waals surface area (Å²) >= 11 is 0. The lowest BCUT2D eigenvalue weighted by atomic mass is 10.1. The molecule has 14 heavy (non-hydrogen) atoms. The van der Waals surface area contributed by atoms with Crippen molar-refractivity contribution in [2.75, 3.05) is 13.6 Å². The molecule has 2 nitrogen and oxygen atoms in total. The summed E-state index contributed by atoms with van der Waals surface area (Å²) in [5, 5.41) is 3.56. The average molecular weight is 193 g/mol. The number of hydrogen-bond donors (Lipinski definition) is 1. The second-order valence-corrected chi connectivity index (χ2v) is 3.22. The molecule has 1 aromatic heterocycles. The van der Waals surface area contributed by atoms with Gasteiger partial charge in [0.1, 0.15) is 11.4 Å². The highest BCUT2D eigenvalue weighted by Gasteiger charge is 2.08. The molecular weight excluding hydrogens is 181 g/mol. The van der Waals surface area contributed by atoms with Gasteiger partial charge in [-0.15, -0.1) is 0 Å². The van der Waals surface area contributed by atoms with E-state index in [9.17, 15) is 4.39 Å². The largest absolute Gasteiger partial charge is 0.464 e. The number of furan rings is 1. The maximum Gasteiger partial charge on any atom is 0.137 e. The van der Waals surface area contributed by atoms with Crippen LogP contribution in [0.1, 0.15) is 5.56 Å². The first kappa shape index (κ1) is 9.21. The fourth-order valence-electron chi connectivity index (χ4n) is 1.51. The van der Waals surface area contributed by atoms with E-state index < -0.39 is 0 Å². The minimum Gasteiger partial charge on any atom is -0.464 e. The van der Waals surface area contributed by atoms with E-state index in [1.807, 2.05) is 13.1 Å². The summed E-state index contributed by atoms with van der Waals surface area (Å²) in [6.07, 6.45) is 2.21. The summed E-state index contributed by atoms with van der Waals surface area (Å²) in [4.78, 5) is 0. The maximum atomic E-state index is 13.7. The van der Waals surface area contributed by atoms with Crippen molar-refractivity contribution in [1.82, 2.24) is 5.32 Å². The van der Waals surface area contributed by atoms with Crippen molar-refractivity contribution in [2.24, 2.45) is 0 Å². The van der Waals surface area contributed by atoms with Crippen LogP contribution >= 0.6 is 0 Å². The van der Waals surface area contributed by atoms with E-state index >= 15 is 0 Å². The molecule has 0 amide bonds. The monoisotopic (exact) mass is 193 g/mol. The number of nitrogens with one attached hydrogen (secondary N) is 1. The van der Waals surface area contributed by atoms with Crippen molar-refractivity contribution in [3.05, 3.63) is 35.8 Å². The minimum atomic E-state index is -0.161. The van der Waals surface area contributed by atoms with E-state index in [2.05, 4.69) is 5.32 Å². The Morgan fingerprint density at radius 2 is 2.21 bits per heavy atom. The van der Waals surface area contributed by atoms with Gasteiger partial charge in [-0.3, -0.25) is 0 Å².